The lowest BCUT2D eigenvalue weighted by molar-refractivity contribution is -0.138. The number of hydrogen-bond acceptors (Lipinski definition) is 5. The number of H-pyrrole nitrogens is 1. The number of hydrogen-bond donors (Lipinski definition) is 3. The van der Waals surface area contributed by atoms with E-state index in [-0.39, 0.29) is 24.1 Å². The van der Waals surface area contributed by atoms with E-state index in [1.807, 2.05) is 13.0 Å². The molecule has 1 aromatic carbocycles. The van der Waals surface area contributed by atoms with Crippen molar-refractivity contribution < 1.29 is 18.0 Å². The summed E-state index contributed by atoms with van der Waals surface area (Å²) in [6.45, 7) is 2.06. The van der Waals surface area contributed by atoms with Crippen LogP contribution in [0.1, 0.15) is 41.3 Å². The molecular weight excluding hydrogens is 461 g/mol. The number of carbonyl (C=O) groups excluding carboxylic acids is 1. The Balaban J connectivity index is 1.47. The Morgan fingerprint density at radius 3 is 2.71 bits per heavy atom. The van der Waals surface area contributed by atoms with Crippen LogP contribution >= 0.6 is 0 Å². The number of nitrogens with one attached hydrogen (secondary N) is 3. The zero-order valence-electron chi connectivity index (χ0n) is 18.8. The molecule has 0 aliphatic carbocycles. The number of amides is 1. The molecule has 2 heterocycles. The minimum Gasteiger partial charge on any atom is -0.321 e. The lowest BCUT2D eigenvalue weighted by atomic mass is 9.91. The van der Waals surface area contributed by atoms with E-state index in [0.29, 0.717) is 17.8 Å². The van der Waals surface area contributed by atoms with Gasteiger partial charge in [-0.25, -0.2) is 10.4 Å². The van der Waals surface area contributed by atoms with E-state index in [1.165, 1.54) is 36.7 Å². The van der Waals surface area contributed by atoms with Crippen LogP contribution in [0.15, 0.2) is 59.8 Å². The molecule has 0 saturated heterocycles. The Hall–Kier alpha value is -4.17. The molecule has 182 valence electrons. The first kappa shape index (κ1) is 25.5. The number of carbonyl (C=O) groups is 1. The summed E-state index contributed by atoms with van der Waals surface area (Å²) >= 11 is 0. The maximum atomic E-state index is 13.2. The maximum absolute atomic E-state index is 13.2. The van der Waals surface area contributed by atoms with Gasteiger partial charge in [0, 0.05) is 24.5 Å². The largest absolute Gasteiger partial charge is 0.416 e. The molecule has 11 heteroatoms. The number of halogens is 3. The number of alkyl halides is 3. The Bertz CT molecular complexity index is 1300. The zero-order chi connectivity index (χ0) is 25.4. The number of aryl methyl sites for hydroxylation is 1. The van der Waals surface area contributed by atoms with E-state index in [2.05, 4.69) is 20.8 Å². The van der Waals surface area contributed by atoms with Crippen molar-refractivity contribution in [2.24, 2.45) is 0 Å². The van der Waals surface area contributed by atoms with Gasteiger partial charge in [-0.2, -0.15) is 18.4 Å². The number of imidazole rings is 1. The first-order valence-corrected chi connectivity index (χ1v) is 10.7. The molecule has 35 heavy (non-hydrogen) atoms. The fourth-order valence-electron chi connectivity index (χ4n) is 3.43. The number of rotatable bonds is 9. The van der Waals surface area contributed by atoms with E-state index in [1.54, 1.807) is 22.9 Å². The molecule has 0 aliphatic rings. The van der Waals surface area contributed by atoms with Crippen LogP contribution in [0.25, 0.3) is 11.8 Å². The van der Waals surface area contributed by atoms with E-state index in [0.717, 1.165) is 11.8 Å². The number of hydrazine groups is 1. The maximum Gasteiger partial charge on any atom is 0.416 e. The van der Waals surface area contributed by atoms with Gasteiger partial charge in [-0.15, -0.1) is 0 Å². The first-order chi connectivity index (χ1) is 16.7. The molecule has 0 saturated carbocycles. The second kappa shape index (κ2) is 11.3. The summed E-state index contributed by atoms with van der Waals surface area (Å²) < 4.78 is 41.2. The molecule has 0 spiro atoms. The molecule has 0 bridgehead atoms. The highest BCUT2D eigenvalue weighted by molar-refractivity contribution is 5.91. The highest BCUT2D eigenvalue weighted by Gasteiger charge is 2.34. The molecule has 2 aromatic heterocycles. The molecule has 8 nitrogen and oxygen atoms in total. The van der Waals surface area contributed by atoms with Crippen LogP contribution in [0.4, 0.5) is 13.2 Å². The van der Waals surface area contributed by atoms with Gasteiger partial charge in [-0.05, 0) is 49.6 Å². The normalized spacial score (nSPS) is 12.4. The lowest BCUT2D eigenvalue weighted by Gasteiger charge is -2.16. The van der Waals surface area contributed by atoms with E-state index >= 15 is 0 Å². The van der Waals surface area contributed by atoms with Gasteiger partial charge in [0.25, 0.3) is 11.5 Å². The topological polar surface area (TPSA) is 116 Å². The van der Waals surface area contributed by atoms with E-state index < -0.39 is 23.6 Å². The predicted octanol–water partition coefficient (Wildman–Crippen LogP) is 3.61. The van der Waals surface area contributed by atoms with Crippen molar-refractivity contribution in [2.75, 3.05) is 6.54 Å². The molecule has 0 aliphatic heterocycles. The average molecular weight is 484 g/mol. The van der Waals surface area contributed by atoms with Gasteiger partial charge < -0.3 is 9.55 Å². The average Bonchev–Trinajstić information content (AvgIpc) is 3.25. The van der Waals surface area contributed by atoms with Crippen molar-refractivity contribution in [3.63, 3.8) is 0 Å². The van der Waals surface area contributed by atoms with Crippen LogP contribution in [-0.4, -0.2) is 27.0 Å². The van der Waals surface area contributed by atoms with E-state index in [4.69, 9.17) is 0 Å². The zero-order valence-corrected chi connectivity index (χ0v) is 18.8. The number of nitrogens with zero attached hydrogens (tertiary/aromatic N) is 3. The highest BCUT2D eigenvalue weighted by atomic mass is 19.4. The van der Waals surface area contributed by atoms with Crippen molar-refractivity contribution >= 4 is 12.0 Å². The van der Waals surface area contributed by atoms with Crippen LogP contribution in [-0.2, 0) is 11.0 Å². The third-order valence-electron chi connectivity index (χ3n) is 5.12. The summed E-state index contributed by atoms with van der Waals surface area (Å²) in [7, 11) is 0. The minimum atomic E-state index is -4.53. The number of aromatic nitrogens is 3. The summed E-state index contributed by atoms with van der Waals surface area (Å²) in [5.41, 5.74) is 5.47. The lowest BCUT2D eigenvalue weighted by Crippen LogP contribution is -2.36. The second-order valence-electron chi connectivity index (χ2n) is 7.71. The molecular formula is C24H23F3N6O2. The Morgan fingerprint density at radius 1 is 1.29 bits per heavy atom. The minimum absolute atomic E-state index is 0.0577. The second-order valence-corrected chi connectivity index (χ2v) is 7.71. The van der Waals surface area contributed by atoms with Crippen LogP contribution in [0, 0.1) is 18.3 Å². The predicted molar refractivity (Wildman–Crippen MR) is 123 cm³/mol. The molecule has 0 fully saturated rings. The van der Waals surface area contributed by atoms with Crippen molar-refractivity contribution in [1.29, 1.82) is 5.26 Å². The Labute approximate surface area is 199 Å². The van der Waals surface area contributed by atoms with Gasteiger partial charge in [0.1, 0.15) is 5.69 Å². The molecule has 3 rings (SSSR count). The number of aromatic amines is 1. The SMILES string of the molecule is Cc1cn(-c2ccc(/C=C/C(=O)NNCCC[C@H](C#N)c3ccccc3C(F)(F)F)[nH]c2=O)cn1. The van der Waals surface area contributed by atoms with Crippen LogP contribution < -0.4 is 16.4 Å². The van der Waals surface area contributed by atoms with Crippen molar-refractivity contribution in [2.45, 2.75) is 31.9 Å². The van der Waals surface area contributed by atoms with Gasteiger partial charge in [-0.3, -0.25) is 15.0 Å². The van der Waals surface area contributed by atoms with Gasteiger partial charge in [0.15, 0.2) is 0 Å². The van der Waals surface area contributed by atoms with Crippen LogP contribution in [0.3, 0.4) is 0 Å². The molecule has 3 aromatic rings. The monoisotopic (exact) mass is 484 g/mol. The first-order valence-electron chi connectivity index (χ1n) is 10.7. The van der Waals surface area contributed by atoms with Gasteiger partial charge in [-0.1, -0.05) is 18.2 Å². The van der Waals surface area contributed by atoms with Crippen LogP contribution in [0.5, 0.6) is 0 Å². The van der Waals surface area contributed by atoms with Gasteiger partial charge >= 0.3 is 6.18 Å². The molecule has 0 unspecified atom stereocenters. The summed E-state index contributed by atoms with van der Waals surface area (Å²) in [4.78, 5) is 31.0. The molecule has 0 radical (unpaired) electrons. The number of pyridine rings is 1. The number of benzene rings is 1. The third-order valence-corrected chi connectivity index (χ3v) is 5.12. The molecule has 3 N–H and O–H groups in total. The molecule has 1 atom stereocenters. The Kier molecular flexibility index (Phi) is 8.22. The fraction of sp³-hybridized carbons (Fsp3) is 0.250. The standard InChI is InChI=1S/C24H23F3N6O2/c1-16-14-33(15-29-16)21-10-8-18(31-23(21)35)9-11-22(34)32-30-12-4-5-17(13-28)19-6-2-3-7-20(19)24(25,26)27/h2-3,6-11,14-15,17,30H,4-5,12H2,1H3,(H,31,35)(H,32,34)/b11-9+/t17-/m1/s1. The summed E-state index contributed by atoms with van der Waals surface area (Å²) in [5, 5.41) is 9.35. The summed E-state index contributed by atoms with van der Waals surface area (Å²) in [6, 6.07) is 10.2. The quantitative estimate of drug-likeness (QED) is 0.244. The summed E-state index contributed by atoms with van der Waals surface area (Å²) in [5.74, 6) is -1.41. The summed E-state index contributed by atoms with van der Waals surface area (Å²) in [6.07, 6.45) is 1.91. The van der Waals surface area contributed by atoms with Crippen molar-refractivity contribution in [3.05, 3.63) is 87.9 Å². The van der Waals surface area contributed by atoms with Crippen molar-refractivity contribution in [1.82, 2.24) is 25.4 Å². The fourth-order valence-corrected chi connectivity index (χ4v) is 3.43. The Morgan fingerprint density at radius 2 is 2.06 bits per heavy atom. The third kappa shape index (κ3) is 6.91. The van der Waals surface area contributed by atoms with Gasteiger partial charge in [0.2, 0.25) is 0 Å². The van der Waals surface area contributed by atoms with Crippen molar-refractivity contribution in [3.8, 4) is 11.8 Å². The van der Waals surface area contributed by atoms with Gasteiger partial charge in [0.05, 0.1) is 29.6 Å². The molecule has 1 amide bonds. The highest BCUT2D eigenvalue weighted by Crippen LogP contribution is 2.36. The van der Waals surface area contributed by atoms with E-state index in [9.17, 15) is 28.0 Å². The van der Waals surface area contributed by atoms with Crippen LogP contribution in [0.2, 0.25) is 0 Å². The smallest absolute Gasteiger partial charge is 0.321 e. The number of nitriles is 1.